The Labute approximate surface area is 132 Å². The molecule has 5 nitrogen and oxygen atoms in total. The fourth-order valence-corrected chi connectivity index (χ4v) is 2.68. The molecule has 0 radical (unpaired) electrons. The van der Waals surface area contributed by atoms with Crippen LogP contribution in [0.3, 0.4) is 0 Å². The molecule has 2 N–H and O–H groups in total. The number of anilines is 1. The van der Waals surface area contributed by atoms with E-state index in [1.165, 1.54) is 7.11 Å². The molecule has 0 heterocycles. The summed E-state index contributed by atoms with van der Waals surface area (Å²) in [5, 5.41) is 11.7. The lowest BCUT2D eigenvalue weighted by Crippen LogP contribution is -2.25. The molecule has 0 spiro atoms. The lowest BCUT2D eigenvalue weighted by molar-refractivity contribution is -0.139. The van der Waals surface area contributed by atoms with Crippen LogP contribution in [0.15, 0.2) is 16.6 Å². The van der Waals surface area contributed by atoms with Crippen LogP contribution in [-0.4, -0.2) is 24.1 Å². The summed E-state index contributed by atoms with van der Waals surface area (Å²) >= 11 is 3.37. The van der Waals surface area contributed by atoms with E-state index in [1.54, 1.807) is 19.9 Å². The van der Waals surface area contributed by atoms with Crippen molar-refractivity contribution in [2.24, 2.45) is 5.41 Å². The molecular weight excluding hydrogens is 338 g/mol. The number of benzene rings is 1. The molecule has 0 aliphatic heterocycles. The lowest BCUT2D eigenvalue weighted by Gasteiger charge is -2.22. The number of nitrogens with one attached hydrogen (secondary N) is 1. The number of carboxylic acids is 1. The minimum absolute atomic E-state index is 0.0587. The first-order valence-electron chi connectivity index (χ1n) is 6.50. The molecule has 0 unspecified atom stereocenters. The number of aliphatic carboxylic acids is 1. The number of aryl methyl sites for hydroxylation is 1. The SMILES string of the molecule is COc1cc(Br)cc(C)c1NC(=O)CC(C)(C)CC(=O)O. The summed E-state index contributed by atoms with van der Waals surface area (Å²) in [4.78, 5) is 22.9. The molecule has 0 atom stereocenters. The van der Waals surface area contributed by atoms with Crippen LogP contribution < -0.4 is 10.1 Å². The zero-order valence-corrected chi connectivity index (χ0v) is 14.2. The number of ether oxygens (including phenoxy) is 1. The zero-order valence-electron chi connectivity index (χ0n) is 12.6. The largest absolute Gasteiger partial charge is 0.495 e. The molecule has 21 heavy (non-hydrogen) atoms. The quantitative estimate of drug-likeness (QED) is 0.815. The minimum atomic E-state index is -0.912. The molecule has 0 fully saturated rings. The Morgan fingerprint density at radius 3 is 2.48 bits per heavy atom. The van der Waals surface area contributed by atoms with Crippen molar-refractivity contribution >= 4 is 33.5 Å². The van der Waals surface area contributed by atoms with Gasteiger partial charge in [-0.15, -0.1) is 0 Å². The van der Waals surface area contributed by atoms with Gasteiger partial charge in [-0.25, -0.2) is 0 Å². The number of hydrogen-bond donors (Lipinski definition) is 2. The first-order chi connectivity index (χ1) is 9.64. The van der Waals surface area contributed by atoms with Crippen molar-refractivity contribution < 1.29 is 19.4 Å². The highest BCUT2D eigenvalue weighted by Crippen LogP contribution is 2.33. The Morgan fingerprint density at radius 2 is 1.95 bits per heavy atom. The van der Waals surface area contributed by atoms with Gasteiger partial charge in [-0.2, -0.15) is 0 Å². The summed E-state index contributed by atoms with van der Waals surface area (Å²) in [5.74, 6) is -0.582. The predicted octanol–water partition coefficient (Wildman–Crippen LogP) is 3.60. The van der Waals surface area contributed by atoms with Crippen molar-refractivity contribution in [3.8, 4) is 5.75 Å². The van der Waals surface area contributed by atoms with Crippen LogP contribution >= 0.6 is 15.9 Å². The Morgan fingerprint density at radius 1 is 1.33 bits per heavy atom. The number of carbonyl (C=O) groups is 2. The van der Waals surface area contributed by atoms with E-state index in [0.29, 0.717) is 11.4 Å². The van der Waals surface area contributed by atoms with Crippen LogP contribution in [0.25, 0.3) is 0 Å². The molecule has 0 aromatic heterocycles. The van der Waals surface area contributed by atoms with Crippen LogP contribution in [0.4, 0.5) is 5.69 Å². The number of halogens is 1. The van der Waals surface area contributed by atoms with E-state index in [-0.39, 0.29) is 18.7 Å². The first-order valence-corrected chi connectivity index (χ1v) is 7.30. The molecule has 6 heteroatoms. The van der Waals surface area contributed by atoms with E-state index in [0.717, 1.165) is 10.0 Å². The number of methoxy groups -OCH3 is 1. The van der Waals surface area contributed by atoms with Gasteiger partial charge in [0.15, 0.2) is 0 Å². The molecular formula is C15H20BrNO4. The van der Waals surface area contributed by atoms with E-state index < -0.39 is 11.4 Å². The topological polar surface area (TPSA) is 75.6 Å². The minimum Gasteiger partial charge on any atom is -0.495 e. The highest BCUT2D eigenvalue weighted by molar-refractivity contribution is 9.10. The van der Waals surface area contributed by atoms with E-state index in [4.69, 9.17) is 9.84 Å². The van der Waals surface area contributed by atoms with Gasteiger partial charge in [-0.05, 0) is 30.0 Å². The van der Waals surface area contributed by atoms with Crippen molar-refractivity contribution in [2.45, 2.75) is 33.6 Å². The standard InChI is InChI=1S/C15H20BrNO4/c1-9-5-10(16)6-11(21-4)14(9)17-12(18)7-15(2,3)8-13(19)20/h5-6H,7-8H2,1-4H3,(H,17,18)(H,19,20). The van der Waals surface area contributed by atoms with Crippen LogP contribution in [0.5, 0.6) is 5.75 Å². The van der Waals surface area contributed by atoms with Crippen molar-refractivity contribution in [3.63, 3.8) is 0 Å². The van der Waals surface area contributed by atoms with E-state index in [9.17, 15) is 9.59 Å². The van der Waals surface area contributed by atoms with Crippen molar-refractivity contribution in [1.29, 1.82) is 0 Å². The average Bonchev–Trinajstić information content (AvgIpc) is 2.29. The average molecular weight is 358 g/mol. The van der Waals surface area contributed by atoms with Gasteiger partial charge < -0.3 is 15.2 Å². The fourth-order valence-electron chi connectivity index (χ4n) is 2.12. The fraction of sp³-hybridized carbons (Fsp3) is 0.467. The van der Waals surface area contributed by atoms with Gasteiger partial charge in [0.2, 0.25) is 5.91 Å². The monoisotopic (exact) mass is 357 g/mol. The Bertz CT molecular complexity index is 555. The molecule has 1 rings (SSSR count). The van der Waals surface area contributed by atoms with E-state index in [1.807, 2.05) is 13.0 Å². The third-order valence-electron chi connectivity index (χ3n) is 3.02. The third kappa shape index (κ3) is 5.38. The van der Waals surface area contributed by atoms with Crippen LogP contribution in [0, 0.1) is 12.3 Å². The molecule has 116 valence electrons. The van der Waals surface area contributed by atoms with E-state index >= 15 is 0 Å². The van der Waals surface area contributed by atoms with Gasteiger partial charge >= 0.3 is 5.97 Å². The third-order valence-corrected chi connectivity index (χ3v) is 3.48. The molecule has 1 amide bonds. The summed E-state index contributed by atoms with van der Waals surface area (Å²) in [6.07, 6.45) is 0.0643. The van der Waals surface area contributed by atoms with Gasteiger partial charge in [0.1, 0.15) is 5.75 Å². The smallest absolute Gasteiger partial charge is 0.303 e. The predicted molar refractivity (Wildman–Crippen MR) is 84.7 cm³/mol. The Kier molecular flexibility index (Phi) is 5.78. The molecule has 0 aliphatic carbocycles. The van der Waals surface area contributed by atoms with Crippen LogP contribution in [-0.2, 0) is 9.59 Å². The second kappa shape index (κ2) is 6.93. The van der Waals surface area contributed by atoms with Gasteiger partial charge in [-0.3, -0.25) is 9.59 Å². The number of amides is 1. The zero-order chi connectivity index (χ0) is 16.2. The summed E-state index contributed by atoms with van der Waals surface area (Å²) in [6, 6.07) is 3.64. The molecule has 0 bridgehead atoms. The molecule has 0 aliphatic rings. The number of rotatable bonds is 6. The number of hydrogen-bond acceptors (Lipinski definition) is 3. The number of carboxylic acid groups (broad SMARTS) is 1. The summed E-state index contributed by atoms with van der Waals surface area (Å²) in [6.45, 7) is 5.38. The summed E-state index contributed by atoms with van der Waals surface area (Å²) in [7, 11) is 1.53. The van der Waals surface area contributed by atoms with Crippen molar-refractivity contribution in [2.75, 3.05) is 12.4 Å². The van der Waals surface area contributed by atoms with Crippen LogP contribution in [0.1, 0.15) is 32.3 Å². The van der Waals surface area contributed by atoms with E-state index in [2.05, 4.69) is 21.2 Å². The maximum atomic E-state index is 12.1. The Balaban J connectivity index is 2.87. The van der Waals surface area contributed by atoms with Crippen molar-refractivity contribution in [1.82, 2.24) is 0 Å². The maximum Gasteiger partial charge on any atom is 0.303 e. The highest BCUT2D eigenvalue weighted by Gasteiger charge is 2.26. The molecule has 1 aromatic carbocycles. The second-order valence-corrected chi connectivity index (χ2v) is 6.68. The van der Waals surface area contributed by atoms with Gasteiger partial charge in [0, 0.05) is 10.9 Å². The van der Waals surface area contributed by atoms with Gasteiger partial charge in [0.25, 0.3) is 0 Å². The summed E-state index contributed by atoms with van der Waals surface area (Å²) in [5.41, 5.74) is 0.870. The molecule has 0 saturated heterocycles. The summed E-state index contributed by atoms with van der Waals surface area (Å²) < 4.78 is 6.13. The van der Waals surface area contributed by atoms with Crippen molar-refractivity contribution in [3.05, 3.63) is 22.2 Å². The molecule has 0 saturated carbocycles. The second-order valence-electron chi connectivity index (χ2n) is 5.76. The first kappa shape index (κ1) is 17.5. The van der Waals surface area contributed by atoms with Gasteiger partial charge in [0.05, 0.1) is 19.2 Å². The Hall–Kier alpha value is -1.56. The maximum absolute atomic E-state index is 12.1. The number of carbonyl (C=O) groups excluding carboxylic acids is 1. The lowest BCUT2D eigenvalue weighted by atomic mass is 9.85. The van der Waals surface area contributed by atoms with Crippen LogP contribution in [0.2, 0.25) is 0 Å². The normalized spacial score (nSPS) is 11.1. The highest BCUT2D eigenvalue weighted by atomic mass is 79.9. The van der Waals surface area contributed by atoms with Gasteiger partial charge in [-0.1, -0.05) is 29.8 Å². The molecule has 1 aromatic rings.